The highest BCUT2D eigenvalue weighted by atomic mass is 16.3. The molecule has 108 valence electrons. The van der Waals surface area contributed by atoms with Gasteiger partial charge in [0.05, 0.1) is 26.7 Å². The Bertz CT molecular complexity index is 550. The van der Waals surface area contributed by atoms with Crippen LogP contribution in [0.25, 0.3) is 0 Å². The summed E-state index contributed by atoms with van der Waals surface area (Å²) in [5, 5.41) is 9.97. The Labute approximate surface area is 122 Å². The number of likely N-dealkylation sites (tertiary alicyclic amines) is 1. The van der Waals surface area contributed by atoms with Crippen LogP contribution in [0.5, 0.6) is 5.75 Å². The van der Waals surface area contributed by atoms with Crippen molar-refractivity contribution in [2.24, 2.45) is 5.92 Å². The Morgan fingerprint density at radius 2 is 2.05 bits per heavy atom. The molecule has 1 N–H and O–H groups in total. The molecule has 0 radical (unpaired) electrons. The van der Waals surface area contributed by atoms with Gasteiger partial charge in [-0.3, -0.25) is 0 Å². The lowest BCUT2D eigenvalue weighted by Gasteiger charge is -2.60. The summed E-state index contributed by atoms with van der Waals surface area (Å²) >= 11 is 0. The molecule has 3 aliphatic rings. The molecule has 3 atom stereocenters. The molecule has 0 amide bonds. The van der Waals surface area contributed by atoms with Gasteiger partial charge in [0.2, 0.25) is 0 Å². The predicted octanol–water partition coefficient (Wildman–Crippen LogP) is 3.23. The number of piperidine rings is 1. The Balaban J connectivity index is 1.92. The zero-order chi connectivity index (χ0) is 14.0. The van der Waals surface area contributed by atoms with Crippen molar-refractivity contribution in [2.45, 2.75) is 50.0 Å². The van der Waals surface area contributed by atoms with E-state index in [2.05, 4.69) is 26.2 Å². The van der Waals surface area contributed by atoms with E-state index in [0.717, 1.165) is 12.0 Å². The van der Waals surface area contributed by atoms with E-state index in [-0.39, 0.29) is 0 Å². The number of quaternary nitrogens is 1. The highest BCUT2D eigenvalue weighted by molar-refractivity contribution is 5.44. The molecule has 1 aliphatic heterocycles. The summed E-state index contributed by atoms with van der Waals surface area (Å²) in [6, 6.07) is 6.94. The molecule has 2 nitrogen and oxygen atoms in total. The van der Waals surface area contributed by atoms with Crippen molar-refractivity contribution in [1.82, 2.24) is 0 Å². The average molecular weight is 272 g/mol. The molecule has 1 saturated heterocycles. The Morgan fingerprint density at radius 3 is 2.90 bits per heavy atom. The van der Waals surface area contributed by atoms with E-state index in [4.69, 9.17) is 0 Å². The van der Waals surface area contributed by atoms with E-state index in [1.54, 1.807) is 0 Å². The zero-order valence-corrected chi connectivity index (χ0v) is 12.7. The summed E-state index contributed by atoms with van der Waals surface area (Å²) < 4.78 is 1.19. The first-order valence-electron chi connectivity index (χ1n) is 8.18. The van der Waals surface area contributed by atoms with Crippen molar-refractivity contribution in [3.05, 3.63) is 29.3 Å². The van der Waals surface area contributed by atoms with Gasteiger partial charge >= 0.3 is 0 Å². The summed E-state index contributed by atoms with van der Waals surface area (Å²) in [4.78, 5) is 0. The van der Waals surface area contributed by atoms with Crippen molar-refractivity contribution in [1.29, 1.82) is 0 Å². The number of fused-ring (bicyclic) bond motifs is 1. The minimum atomic E-state index is 0.378. The van der Waals surface area contributed by atoms with Gasteiger partial charge in [-0.1, -0.05) is 18.9 Å². The summed E-state index contributed by atoms with van der Waals surface area (Å²) in [6.45, 7) is 1.29. The van der Waals surface area contributed by atoms with E-state index in [0.29, 0.717) is 11.2 Å². The van der Waals surface area contributed by atoms with Gasteiger partial charge in [-0.2, -0.15) is 0 Å². The van der Waals surface area contributed by atoms with Crippen LogP contribution in [-0.2, 0) is 11.8 Å². The largest absolute Gasteiger partial charge is 0.508 e. The predicted molar refractivity (Wildman–Crippen MR) is 80.8 cm³/mol. The normalized spacial score (nSPS) is 37.9. The van der Waals surface area contributed by atoms with Crippen LogP contribution in [0.1, 0.15) is 43.2 Å². The number of phenols is 1. The fraction of sp³-hybridized carbons (Fsp3) is 0.667. The molecule has 20 heavy (non-hydrogen) atoms. The summed E-state index contributed by atoms with van der Waals surface area (Å²) in [5.74, 6) is 1.29. The second-order valence-corrected chi connectivity index (χ2v) is 7.87. The standard InChI is InChI=1S/C18H25NO/c1-19(2)10-9-18-8-4-3-5-15(18)17(19)11-13-6-7-14(20)12-16(13)18/h6-7,12,15,17H,3-5,8-11H2,1-2H3/p+1/t15-,17-,18-/m0/s1. The maximum atomic E-state index is 9.97. The van der Waals surface area contributed by atoms with Crippen LogP contribution in [0.3, 0.4) is 0 Å². The third kappa shape index (κ3) is 1.54. The van der Waals surface area contributed by atoms with E-state index >= 15 is 0 Å². The lowest BCUT2D eigenvalue weighted by atomic mass is 9.52. The van der Waals surface area contributed by atoms with Crippen molar-refractivity contribution < 1.29 is 9.59 Å². The third-order valence-electron chi connectivity index (χ3n) is 6.65. The number of nitrogens with zero attached hydrogens (tertiary/aromatic N) is 1. The minimum absolute atomic E-state index is 0.378. The van der Waals surface area contributed by atoms with Crippen LogP contribution >= 0.6 is 0 Å². The molecule has 0 aromatic heterocycles. The van der Waals surface area contributed by atoms with E-state index < -0.39 is 0 Å². The Hall–Kier alpha value is -1.02. The number of rotatable bonds is 0. The van der Waals surface area contributed by atoms with Crippen molar-refractivity contribution >= 4 is 0 Å². The van der Waals surface area contributed by atoms with Crippen LogP contribution < -0.4 is 0 Å². The summed E-state index contributed by atoms with van der Waals surface area (Å²) in [6.07, 6.45) is 8.00. The average Bonchev–Trinajstić information content (AvgIpc) is 2.44. The van der Waals surface area contributed by atoms with Gasteiger partial charge < -0.3 is 9.59 Å². The molecule has 2 bridgehead atoms. The number of hydrogen-bond acceptors (Lipinski definition) is 1. The smallest absolute Gasteiger partial charge is 0.115 e. The second-order valence-electron chi connectivity index (χ2n) is 7.87. The van der Waals surface area contributed by atoms with Gasteiger partial charge in [0.1, 0.15) is 5.75 Å². The first kappa shape index (κ1) is 12.7. The molecular formula is C18H26NO+. The highest BCUT2D eigenvalue weighted by Gasteiger charge is 2.57. The van der Waals surface area contributed by atoms with Crippen molar-refractivity contribution in [3.8, 4) is 5.75 Å². The second kappa shape index (κ2) is 4.00. The molecule has 0 unspecified atom stereocenters. The van der Waals surface area contributed by atoms with E-state index in [9.17, 15) is 5.11 Å². The molecule has 0 spiro atoms. The molecule has 1 saturated carbocycles. The molecular weight excluding hydrogens is 246 g/mol. The molecule has 1 aromatic rings. The van der Waals surface area contributed by atoms with Gasteiger partial charge in [0.15, 0.2) is 0 Å². The van der Waals surface area contributed by atoms with Gasteiger partial charge in [0, 0.05) is 24.2 Å². The summed E-state index contributed by atoms with van der Waals surface area (Å²) in [5.41, 5.74) is 3.39. The fourth-order valence-corrected chi connectivity index (χ4v) is 5.57. The van der Waals surface area contributed by atoms with Gasteiger partial charge in [-0.15, -0.1) is 0 Å². The molecule has 1 heterocycles. The van der Waals surface area contributed by atoms with E-state index in [1.165, 1.54) is 60.7 Å². The lowest BCUT2D eigenvalue weighted by Crippen LogP contribution is -2.66. The minimum Gasteiger partial charge on any atom is -0.508 e. The Morgan fingerprint density at radius 1 is 1.20 bits per heavy atom. The maximum absolute atomic E-state index is 9.97. The number of aromatic hydroxyl groups is 1. The number of benzene rings is 1. The number of phenolic OH excluding ortho intramolecular Hbond substituents is 1. The SMILES string of the molecule is C[N+]1(C)CC[C@@]23CCCC[C@H]2[C@@H]1Cc1ccc(O)cc13. The molecule has 2 heteroatoms. The van der Waals surface area contributed by atoms with Gasteiger partial charge in [-0.25, -0.2) is 0 Å². The number of hydrogen-bond donors (Lipinski definition) is 1. The molecule has 2 aliphatic carbocycles. The molecule has 2 fully saturated rings. The van der Waals surface area contributed by atoms with Gasteiger partial charge in [0.25, 0.3) is 0 Å². The third-order valence-corrected chi connectivity index (χ3v) is 6.65. The quantitative estimate of drug-likeness (QED) is 0.719. The van der Waals surface area contributed by atoms with Crippen LogP contribution in [0.2, 0.25) is 0 Å². The number of likely N-dealkylation sites (N-methyl/N-ethyl adjacent to an activating group) is 1. The van der Waals surface area contributed by atoms with E-state index in [1.807, 2.05) is 6.07 Å². The van der Waals surface area contributed by atoms with Crippen LogP contribution in [0.4, 0.5) is 0 Å². The maximum Gasteiger partial charge on any atom is 0.115 e. The lowest BCUT2D eigenvalue weighted by molar-refractivity contribution is -0.927. The summed E-state index contributed by atoms with van der Waals surface area (Å²) in [7, 11) is 4.85. The van der Waals surface area contributed by atoms with Crippen LogP contribution in [-0.4, -0.2) is 36.3 Å². The fourth-order valence-electron chi connectivity index (χ4n) is 5.57. The highest BCUT2D eigenvalue weighted by Crippen LogP contribution is 2.57. The zero-order valence-electron chi connectivity index (χ0n) is 12.7. The first-order valence-corrected chi connectivity index (χ1v) is 8.18. The van der Waals surface area contributed by atoms with Crippen LogP contribution in [0.15, 0.2) is 18.2 Å². The topological polar surface area (TPSA) is 20.2 Å². The Kier molecular flexibility index (Phi) is 2.54. The van der Waals surface area contributed by atoms with Crippen molar-refractivity contribution in [3.63, 3.8) is 0 Å². The van der Waals surface area contributed by atoms with Crippen LogP contribution in [0, 0.1) is 5.92 Å². The monoisotopic (exact) mass is 272 g/mol. The van der Waals surface area contributed by atoms with Gasteiger partial charge in [-0.05, 0) is 36.1 Å². The van der Waals surface area contributed by atoms with Crippen molar-refractivity contribution in [2.75, 3.05) is 20.6 Å². The molecule has 1 aromatic carbocycles. The molecule has 4 rings (SSSR count). The first-order chi connectivity index (χ1) is 9.53.